The molecule has 0 saturated carbocycles. The van der Waals surface area contributed by atoms with Crippen molar-refractivity contribution in [2.45, 2.75) is 6.92 Å². The first-order valence-electron chi connectivity index (χ1n) is 4.62. The summed E-state index contributed by atoms with van der Waals surface area (Å²) in [5.41, 5.74) is 6.16. The average molecular weight is 205 g/mol. The van der Waals surface area contributed by atoms with Crippen molar-refractivity contribution in [1.82, 2.24) is 10.1 Å². The summed E-state index contributed by atoms with van der Waals surface area (Å²) in [6, 6.07) is 7.51. The summed E-state index contributed by atoms with van der Waals surface area (Å²) < 4.78 is 10.1. The topological polar surface area (TPSA) is 74.2 Å². The number of aromatic nitrogens is 2. The summed E-state index contributed by atoms with van der Waals surface area (Å²) in [4.78, 5) is 3.93. The first-order valence-corrected chi connectivity index (χ1v) is 4.62. The Morgan fingerprint density at radius 3 is 3.00 bits per heavy atom. The molecule has 0 aliphatic heterocycles. The minimum atomic E-state index is 0.0619. The molecule has 1 heterocycles. The number of rotatable bonds is 3. The van der Waals surface area contributed by atoms with Gasteiger partial charge >= 0.3 is 6.01 Å². The zero-order valence-electron chi connectivity index (χ0n) is 8.30. The van der Waals surface area contributed by atoms with Crippen LogP contribution in [0.1, 0.15) is 6.92 Å². The summed E-state index contributed by atoms with van der Waals surface area (Å²) in [5, 5.41) is 3.72. The third-order valence-corrected chi connectivity index (χ3v) is 1.84. The molecular formula is C10H11N3O2. The molecule has 0 radical (unpaired) electrons. The lowest BCUT2D eigenvalue weighted by Gasteiger charge is -2.02. The van der Waals surface area contributed by atoms with Crippen molar-refractivity contribution in [1.29, 1.82) is 0 Å². The Morgan fingerprint density at radius 2 is 2.33 bits per heavy atom. The fourth-order valence-electron chi connectivity index (χ4n) is 1.24. The Kier molecular flexibility index (Phi) is 2.53. The first kappa shape index (κ1) is 9.51. The van der Waals surface area contributed by atoms with Gasteiger partial charge in [0.15, 0.2) is 0 Å². The summed E-state index contributed by atoms with van der Waals surface area (Å²) in [6.07, 6.45) is 0. The van der Waals surface area contributed by atoms with Gasteiger partial charge in [0.25, 0.3) is 0 Å². The highest BCUT2D eigenvalue weighted by Gasteiger charge is 2.06. The maximum absolute atomic E-state index is 5.36. The van der Waals surface area contributed by atoms with E-state index in [1.54, 1.807) is 0 Å². The number of nitrogen functional groups attached to an aromatic ring is 1. The Balaban J connectivity index is 2.32. The van der Waals surface area contributed by atoms with E-state index in [4.69, 9.17) is 15.0 Å². The van der Waals surface area contributed by atoms with Crippen LogP contribution < -0.4 is 10.5 Å². The van der Waals surface area contributed by atoms with Gasteiger partial charge in [0.2, 0.25) is 5.82 Å². The normalized spacial score (nSPS) is 10.2. The summed E-state index contributed by atoms with van der Waals surface area (Å²) >= 11 is 0. The van der Waals surface area contributed by atoms with E-state index in [0.29, 0.717) is 12.4 Å². The number of nitrogens with two attached hydrogens (primary N) is 1. The number of hydrogen-bond acceptors (Lipinski definition) is 5. The molecule has 2 rings (SSSR count). The number of ether oxygens (including phenoxy) is 1. The molecule has 0 saturated heterocycles. The summed E-state index contributed by atoms with van der Waals surface area (Å²) in [5.74, 6) is 1.24. The molecule has 1 aromatic heterocycles. The maximum Gasteiger partial charge on any atom is 0.319 e. The maximum atomic E-state index is 5.36. The Bertz CT molecular complexity index is 453. The monoisotopic (exact) mass is 205 g/mol. The predicted molar refractivity (Wildman–Crippen MR) is 55.3 cm³/mol. The lowest BCUT2D eigenvalue weighted by molar-refractivity contribution is 0.340. The third-order valence-electron chi connectivity index (χ3n) is 1.84. The van der Waals surface area contributed by atoms with Gasteiger partial charge in [0.1, 0.15) is 5.75 Å². The molecule has 0 amide bonds. The molecular weight excluding hydrogens is 194 g/mol. The SMILES string of the molecule is CCOc1cccc(-c2noc(N)n2)c1. The van der Waals surface area contributed by atoms with Crippen LogP contribution in [0.4, 0.5) is 6.01 Å². The van der Waals surface area contributed by atoms with E-state index >= 15 is 0 Å². The number of hydrogen-bond donors (Lipinski definition) is 1. The Labute approximate surface area is 86.9 Å². The van der Waals surface area contributed by atoms with Crippen molar-refractivity contribution < 1.29 is 9.26 Å². The minimum Gasteiger partial charge on any atom is -0.494 e. The Hall–Kier alpha value is -2.04. The highest BCUT2D eigenvalue weighted by atomic mass is 16.5. The molecule has 5 nitrogen and oxygen atoms in total. The van der Waals surface area contributed by atoms with Gasteiger partial charge in [-0.1, -0.05) is 17.3 Å². The second-order valence-electron chi connectivity index (χ2n) is 2.92. The molecule has 78 valence electrons. The van der Waals surface area contributed by atoms with Gasteiger partial charge in [0.05, 0.1) is 6.61 Å². The van der Waals surface area contributed by atoms with E-state index in [9.17, 15) is 0 Å². The van der Waals surface area contributed by atoms with Crippen molar-refractivity contribution in [3.8, 4) is 17.1 Å². The number of anilines is 1. The molecule has 0 spiro atoms. The van der Waals surface area contributed by atoms with Crippen molar-refractivity contribution in [3.63, 3.8) is 0 Å². The van der Waals surface area contributed by atoms with Crippen molar-refractivity contribution in [3.05, 3.63) is 24.3 Å². The zero-order chi connectivity index (χ0) is 10.7. The minimum absolute atomic E-state index is 0.0619. The van der Waals surface area contributed by atoms with Crippen LogP contribution in [0.3, 0.4) is 0 Å². The first-order chi connectivity index (χ1) is 7.29. The summed E-state index contributed by atoms with van der Waals surface area (Å²) in [7, 11) is 0. The van der Waals surface area contributed by atoms with Gasteiger partial charge in [-0.25, -0.2) is 0 Å². The number of nitrogens with zero attached hydrogens (tertiary/aromatic N) is 2. The van der Waals surface area contributed by atoms with Crippen LogP contribution >= 0.6 is 0 Å². The zero-order valence-corrected chi connectivity index (χ0v) is 8.30. The van der Waals surface area contributed by atoms with Crippen LogP contribution in [0, 0.1) is 0 Å². The van der Waals surface area contributed by atoms with Crippen LogP contribution in [0.5, 0.6) is 5.75 Å². The molecule has 2 N–H and O–H groups in total. The van der Waals surface area contributed by atoms with Crippen LogP contribution in [0.2, 0.25) is 0 Å². The molecule has 1 aromatic carbocycles. The van der Waals surface area contributed by atoms with Crippen LogP contribution in [-0.4, -0.2) is 16.7 Å². The van der Waals surface area contributed by atoms with Gasteiger partial charge < -0.3 is 15.0 Å². The highest BCUT2D eigenvalue weighted by molar-refractivity contribution is 5.57. The molecule has 15 heavy (non-hydrogen) atoms. The quantitative estimate of drug-likeness (QED) is 0.825. The molecule has 0 fully saturated rings. The smallest absolute Gasteiger partial charge is 0.319 e. The molecule has 5 heteroatoms. The summed E-state index contributed by atoms with van der Waals surface area (Å²) in [6.45, 7) is 2.55. The van der Waals surface area contributed by atoms with Gasteiger partial charge in [0, 0.05) is 5.56 Å². The van der Waals surface area contributed by atoms with Gasteiger partial charge in [-0.3, -0.25) is 0 Å². The van der Waals surface area contributed by atoms with Crippen LogP contribution in [0.15, 0.2) is 28.8 Å². The second kappa shape index (κ2) is 4.00. The van der Waals surface area contributed by atoms with E-state index in [1.165, 1.54) is 0 Å². The van der Waals surface area contributed by atoms with E-state index < -0.39 is 0 Å². The van der Waals surface area contributed by atoms with Gasteiger partial charge in [-0.15, -0.1) is 0 Å². The number of benzene rings is 1. The van der Waals surface area contributed by atoms with Crippen LogP contribution in [-0.2, 0) is 0 Å². The fourth-order valence-corrected chi connectivity index (χ4v) is 1.24. The second-order valence-corrected chi connectivity index (χ2v) is 2.92. The van der Waals surface area contributed by atoms with E-state index in [1.807, 2.05) is 31.2 Å². The van der Waals surface area contributed by atoms with E-state index in [0.717, 1.165) is 11.3 Å². The molecule has 2 aromatic rings. The lowest BCUT2D eigenvalue weighted by atomic mass is 10.2. The molecule has 0 aliphatic rings. The fraction of sp³-hybridized carbons (Fsp3) is 0.200. The van der Waals surface area contributed by atoms with Crippen molar-refractivity contribution in [2.75, 3.05) is 12.3 Å². The standard InChI is InChI=1S/C10H11N3O2/c1-2-14-8-5-3-4-7(6-8)9-12-10(11)15-13-9/h3-6H,2H2,1H3,(H2,11,12,13). The Morgan fingerprint density at radius 1 is 1.47 bits per heavy atom. The van der Waals surface area contributed by atoms with Crippen molar-refractivity contribution >= 4 is 6.01 Å². The third kappa shape index (κ3) is 2.07. The molecule has 0 aliphatic carbocycles. The van der Waals surface area contributed by atoms with Crippen LogP contribution in [0.25, 0.3) is 11.4 Å². The lowest BCUT2D eigenvalue weighted by Crippen LogP contribution is -1.91. The molecule has 0 atom stereocenters. The average Bonchev–Trinajstić information content (AvgIpc) is 2.66. The van der Waals surface area contributed by atoms with E-state index in [2.05, 4.69) is 10.1 Å². The van der Waals surface area contributed by atoms with Gasteiger partial charge in [-0.05, 0) is 19.1 Å². The largest absolute Gasteiger partial charge is 0.494 e. The van der Waals surface area contributed by atoms with Crippen molar-refractivity contribution in [2.24, 2.45) is 0 Å². The van der Waals surface area contributed by atoms with E-state index in [-0.39, 0.29) is 6.01 Å². The molecule has 0 bridgehead atoms. The molecule has 0 unspecified atom stereocenters. The highest BCUT2D eigenvalue weighted by Crippen LogP contribution is 2.21. The predicted octanol–water partition coefficient (Wildman–Crippen LogP) is 1.72. The van der Waals surface area contributed by atoms with Gasteiger partial charge in [-0.2, -0.15) is 4.98 Å².